The van der Waals surface area contributed by atoms with Gasteiger partial charge in [0.1, 0.15) is 0 Å². The van der Waals surface area contributed by atoms with Crippen molar-refractivity contribution in [1.29, 1.82) is 0 Å². The number of amides is 1. The lowest BCUT2D eigenvalue weighted by Gasteiger charge is -2.22. The molecule has 5 rings (SSSR count). The summed E-state index contributed by atoms with van der Waals surface area (Å²) in [5.74, 6) is 0.0787. The van der Waals surface area contributed by atoms with Crippen molar-refractivity contribution >= 4 is 50.5 Å². The van der Waals surface area contributed by atoms with Gasteiger partial charge < -0.3 is 4.57 Å². The fourth-order valence-corrected chi connectivity index (χ4v) is 6.04. The molecule has 4 nitrogen and oxygen atoms in total. The number of para-hydroxylation sites is 1. The van der Waals surface area contributed by atoms with Gasteiger partial charge in [-0.1, -0.05) is 47.0 Å². The molecular formula is C27H26BrN3OS. The molecule has 2 fully saturated rings. The van der Waals surface area contributed by atoms with Crippen molar-refractivity contribution in [2.24, 2.45) is 4.99 Å². The SMILES string of the molecule is Cc1cc(C=C2SC(=Nc3ccccc3)N(C3CCCC3)C2=O)c(C)n1-c1ccc(Br)cc1. The Morgan fingerprint density at radius 2 is 1.73 bits per heavy atom. The Kier molecular flexibility index (Phi) is 6.30. The first kappa shape index (κ1) is 22.2. The molecular weight excluding hydrogens is 494 g/mol. The van der Waals surface area contributed by atoms with Crippen molar-refractivity contribution < 1.29 is 4.79 Å². The standard InChI is InChI=1S/C27H26BrN3OS/c1-18-16-20(19(2)30(18)24-14-12-21(28)13-15-24)17-25-26(32)31(23-10-6-7-11-23)27(33-25)29-22-8-4-3-5-9-22/h3-5,8-9,12-17,23H,6-7,10-11H2,1-2H3. The summed E-state index contributed by atoms with van der Waals surface area (Å²) >= 11 is 5.01. The molecule has 0 unspecified atom stereocenters. The van der Waals surface area contributed by atoms with E-state index in [4.69, 9.17) is 4.99 Å². The molecule has 1 saturated carbocycles. The Bertz CT molecular complexity index is 1240. The molecule has 2 aliphatic rings. The van der Waals surface area contributed by atoms with Gasteiger partial charge in [-0.15, -0.1) is 0 Å². The van der Waals surface area contributed by atoms with E-state index in [1.165, 1.54) is 24.6 Å². The van der Waals surface area contributed by atoms with Crippen LogP contribution in [0.15, 0.2) is 75.0 Å². The highest BCUT2D eigenvalue weighted by atomic mass is 79.9. The van der Waals surface area contributed by atoms with Crippen LogP contribution in [0.4, 0.5) is 5.69 Å². The lowest BCUT2D eigenvalue weighted by Crippen LogP contribution is -2.37. The molecule has 1 amide bonds. The average molecular weight is 520 g/mol. The number of nitrogens with zero attached hydrogens (tertiary/aromatic N) is 3. The van der Waals surface area contributed by atoms with Gasteiger partial charge in [0.2, 0.25) is 0 Å². The predicted octanol–water partition coefficient (Wildman–Crippen LogP) is 7.40. The van der Waals surface area contributed by atoms with Crippen molar-refractivity contribution in [1.82, 2.24) is 9.47 Å². The highest BCUT2D eigenvalue weighted by molar-refractivity contribution is 9.10. The van der Waals surface area contributed by atoms with Crippen LogP contribution < -0.4 is 0 Å². The Morgan fingerprint density at radius 1 is 1.03 bits per heavy atom. The van der Waals surface area contributed by atoms with Crippen LogP contribution in [0.25, 0.3) is 11.8 Å². The second-order valence-electron chi connectivity index (χ2n) is 8.59. The number of hydrogen-bond acceptors (Lipinski definition) is 3. The highest BCUT2D eigenvalue weighted by Gasteiger charge is 2.39. The maximum Gasteiger partial charge on any atom is 0.267 e. The number of benzene rings is 2. The van der Waals surface area contributed by atoms with Crippen LogP contribution in [0.2, 0.25) is 0 Å². The van der Waals surface area contributed by atoms with Crippen molar-refractivity contribution in [2.45, 2.75) is 45.6 Å². The van der Waals surface area contributed by atoms with Crippen LogP contribution in [-0.2, 0) is 4.79 Å². The number of aryl methyl sites for hydroxylation is 1. The fraction of sp³-hybridized carbons (Fsp3) is 0.259. The zero-order chi connectivity index (χ0) is 22.9. The third-order valence-corrected chi connectivity index (χ3v) is 7.86. The fourth-order valence-electron chi connectivity index (χ4n) is 4.72. The van der Waals surface area contributed by atoms with Crippen LogP contribution in [0.5, 0.6) is 0 Å². The quantitative estimate of drug-likeness (QED) is 0.336. The maximum atomic E-state index is 13.6. The predicted molar refractivity (Wildman–Crippen MR) is 141 cm³/mol. The molecule has 0 bridgehead atoms. The Balaban J connectivity index is 1.52. The zero-order valence-electron chi connectivity index (χ0n) is 18.8. The first-order chi connectivity index (χ1) is 16.0. The third kappa shape index (κ3) is 4.46. The van der Waals surface area contributed by atoms with E-state index >= 15 is 0 Å². The molecule has 33 heavy (non-hydrogen) atoms. The number of amidine groups is 1. The van der Waals surface area contributed by atoms with Gasteiger partial charge >= 0.3 is 0 Å². The third-order valence-electron chi connectivity index (χ3n) is 6.35. The molecule has 0 radical (unpaired) electrons. The lowest BCUT2D eigenvalue weighted by molar-refractivity contribution is -0.123. The number of halogens is 1. The van der Waals surface area contributed by atoms with Crippen LogP contribution >= 0.6 is 27.7 Å². The highest BCUT2D eigenvalue weighted by Crippen LogP contribution is 2.39. The van der Waals surface area contributed by atoms with Gasteiger partial charge in [0, 0.05) is 27.6 Å². The van der Waals surface area contributed by atoms with Gasteiger partial charge in [0.25, 0.3) is 5.91 Å². The maximum absolute atomic E-state index is 13.6. The monoisotopic (exact) mass is 519 g/mol. The molecule has 2 heterocycles. The van der Waals surface area contributed by atoms with E-state index in [1.807, 2.05) is 41.3 Å². The summed E-state index contributed by atoms with van der Waals surface area (Å²) in [5, 5.41) is 0.797. The van der Waals surface area contributed by atoms with Gasteiger partial charge in [-0.05, 0) is 92.6 Å². The van der Waals surface area contributed by atoms with Gasteiger partial charge in [0.05, 0.1) is 10.6 Å². The van der Waals surface area contributed by atoms with Crippen LogP contribution in [0.3, 0.4) is 0 Å². The normalized spacial score (nSPS) is 19.4. The average Bonchev–Trinajstić information content (AvgIpc) is 3.50. The Labute approximate surface area is 207 Å². The number of rotatable bonds is 4. The van der Waals surface area contributed by atoms with Crippen molar-refractivity contribution in [2.75, 3.05) is 0 Å². The van der Waals surface area contributed by atoms with E-state index in [9.17, 15) is 4.79 Å². The molecule has 1 aliphatic carbocycles. The van der Waals surface area contributed by atoms with E-state index in [-0.39, 0.29) is 11.9 Å². The van der Waals surface area contributed by atoms with E-state index in [2.05, 4.69) is 64.7 Å². The summed E-state index contributed by atoms with van der Waals surface area (Å²) in [6, 6.07) is 20.6. The molecule has 0 atom stereocenters. The number of hydrogen-bond donors (Lipinski definition) is 0. The summed E-state index contributed by atoms with van der Waals surface area (Å²) < 4.78 is 3.29. The summed E-state index contributed by atoms with van der Waals surface area (Å²) in [4.78, 5) is 21.1. The van der Waals surface area contributed by atoms with Crippen LogP contribution in [0.1, 0.15) is 42.6 Å². The van der Waals surface area contributed by atoms with Crippen molar-refractivity contribution in [3.05, 3.63) is 87.0 Å². The van der Waals surface area contributed by atoms with E-state index in [0.29, 0.717) is 0 Å². The number of aliphatic imine (C=N–C) groups is 1. The van der Waals surface area contributed by atoms with E-state index in [0.717, 1.165) is 55.7 Å². The largest absolute Gasteiger partial charge is 0.318 e. The molecule has 0 N–H and O–H groups in total. The van der Waals surface area contributed by atoms with Crippen molar-refractivity contribution in [3.63, 3.8) is 0 Å². The molecule has 168 valence electrons. The van der Waals surface area contributed by atoms with Gasteiger partial charge in [0.15, 0.2) is 5.17 Å². The first-order valence-electron chi connectivity index (χ1n) is 11.3. The lowest BCUT2D eigenvalue weighted by atomic mass is 10.2. The Hall–Kier alpha value is -2.57. The molecule has 1 aliphatic heterocycles. The number of carbonyl (C=O) groups excluding carboxylic acids is 1. The molecule has 1 saturated heterocycles. The van der Waals surface area contributed by atoms with Crippen LogP contribution in [0, 0.1) is 13.8 Å². The minimum absolute atomic E-state index is 0.0787. The molecule has 0 spiro atoms. The smallest absolute Gasteiger partial charge is 0.267 e. The van der Waals surface area contributed by atoms with Gasteiger partial charge in [-0.2, -0.15) is 0 Å². The summed E-state index contributed by atoms with van der Waals surface area (Å²) in [5.41, 5.74) is 5.32. The number of aromatic nitrogens is 1. The second-order valence-corrected chi connectivity index (χ2v) is 10.5. The van der Waals surface area contributed by atoms with E-state index < -0.39 is 0 Å². The number of thioether (sulfide) groups is 1. The minimum Gasteiger partial charge on any atom is -0.318 e. The second kappa shape index (κ2) is 9.35. The van der Waals surface area contributed by atoms with E-state index in [1.54, 1.807) is 0 Å². The number of carbonyl (C=O) groups is 1. The summed E-state index contributed by atoms with van der Waals surface area (Å²) in [7, 11) is 0. The molecule has 3 aromatic rings. The molecule has 2 aromatic carbocycles. The van der Waals surface area contributed by atoms with Crippen LogP contribution in [-0.4, -0.2) is 26.6 Å². The topological polar surface area (TPSA) is 37.6 Å². The first-order valence-corrected chi connectivity index (χ1v) is 12.9. The summed E-state index contributed by atoms with van der Waals surface area (Å²) in [6.07, 6.45) is 6.48. The molecule has 6 heteroatoms. The van der Waals surface area contributed by atoms with Crippen molar-refractivity contribution in [3.8, 4) is 5.69 Å². The zero-order valence-corrected chi connectivity index (χ0v) is 21.2. The van der Waals surface area contributed by atoms with Gasteiger partial charge in [-0.25, -0.2) is 4.99 Å². The summed E-state index contributed by atoms with van der Waals surface area (Å²) in [6.45, 7) is 4.22. The molecule has 1 aromatic heterocycles. The van der Waals surface area contributed by atoms with Gasteiger partial charge in [-0.3, -0.25) is 9.69 Å². The Morgan fingerprint density at radius 3 is 2.42 bits per heavy atom. The minimum atomic E-state index is 0.0787.